The number of carbonyl (C=O) groups excluding carboxylic acids is 1. The third-order valence-electron chi connectivity index (χ3n) is 4.78. The number of hydrogen-bond donors (Lipinski definition) is 0. The fourth-order valence-electron chi connectivity index (χ4n) is 3.21. The molecule has 0 radical (unpaired) electrons. The smallest absolute Gasteiger partial charge is 0.236 e. The summed E-state index contributed by atoms with van der Waals surface area (Å²) < 4.78 is 5.52. The zero-order chi connectivity index (χ0) is 18.8. The minimum Gasteiger partial charge on any atom is -0.338 e. The molecule has 2 heterocycles. The van der Waals surface area contributed by atoms with Crippen molar-refractivity contribution in [3.63, 3.8) is 0 Å². The molecule has 2 aromatic carbocycles. The topological polar surface area (TPSA) is 58.7 Å². The van der Waals surface area contributed by atoms with E-state index in [1.165, 1.54) is 0 Å². The summed E-state index contributed by atoms with van der Waals surface area (Å²) in [6.45, 7) is 3.88. The van der Waals surface area contributed by atoms with E-state index in [0.717, 1.165) is 34.2 Å². The molecule has 1 aliphatic heterocycles. The Hall–Kier alpha value is -3.47. The van der Waals surface area contributed by atoms with Gasteiger partial charge in [-0.1, -0.05) is 47.6 Å². The molecule has 3 aromatic rings. The van der Waals surface area contributed by atoms with Gasteiger partial charge in [0, 0.05) is 23.5 Å². The van der Waals surface area contributed by atoms with Crippen molar-refractivity contribution in [1.82, 2.24) is 5.16 Å². The second-order valence-corrected chi connectivity index (χ2v) is 6.45. The Balaban J connectivity index is 1.75. The third-order valence-corrected chi connectivity index (χ3v) is 4.78. The van der Waals surface area contributed by atoms with Gasteiger partial charge in [-0.15, -0.1) is 0 Å². The normalized spacial score (nSPS) is 15.9. The van der Waals surface area contributed by atoms with Crippen LogP contribution in [0.15, 0.2) is 70.3 Å². The molecule has 0 spiro atoms. The molecule has 0 aliphatic carbocycles. The van der Waals surface area contributed by atoms with E-state index in [9.17, 15) is 4.79 Å². The molecule has 1 unspecified atom stereocenters. The van der Waals surface area contributed by atoms with Crippen LogP contribution < -0.4 is 4.90 Å². The molecule has 0 saturated heterocycles. The highest BCUT2D eigenvalue weighted by Gasteiger charge is 2.25. The SMILES string of the molecule is Cc1noc(N2C=CC=NC2c2ccc(-c3ccccc3)c(C=O)c2)c1C. The van der Waals surface area contributed by atoms with E-state index in [2.05, 4.69) is 10.1 Å². The van der Waals surface area contributed by atoms with Gasteiger partial charge in [-0.25, -0.2) is 0 Å². The number of aromatic nitrogens is 1. The lowest BCUT2D eigenvalue weighted by Gasteiger charge is -2.28. The predicted octanol–water partition coefficient (Wildman–Crippen LogP) is 4.87. The first-order valence-corrected chi connectivity index (χ1v) is 8.75. The molecule has 0 bridgehead atoms. The van der Waals surface area contributed by atoms with Gasteiger partial charge in [-0.2, -0.15) is 0 Å². The molecule has 0 saturated carbocycles. The van der Waals surface area contributed by atoms with Gasteiger partial charge in [0.1, 0.15) is 0 Å². The van der Waals surface area contributed by atoms with Gasteiger partial charge < -0.3 is 4.52 Å². The third kappa shape index (κ3) is 3.08. The Morgan fingerprint density at radius 1 is 1.11 bits per heavy atom. The highest BCUT2D eigenvalue weighted by Crippen LogP contribution is 2.35. The number of nitrogens with zero attached hydrogens (tertiary/aromatic N) is 3. The molecule has 4 rings (SSSR count). The maximum Gasteiger partial charge on any atom is 0.236 e. The maximum absolute atomic E-state index is 11.8. The first-order valence-electron chi connectivity index (χ1n) is 8.75. The van der Waals surface area contributed by atoms with Gasteiger partial charge in [-0.3, -0.25) is 14.7 Å². The van der Waals surface area contributed by atoms with Crippen LogP contribution in [0, 0.1) is 13.8 Å². The van der Waals surface area contributed by atoms with Crippen LogP contribution in [0.1, 0.15) is 33.3 Å². The zero-order valence-corrected chi connectivity index (χ0v) is 15.2. The van der Waals surface area contributed by atoms with E-state index in [-0.39, 0.29) is 6.17 Å². The lowest BCUT2D eigenvalue weighted by molar-refractivity contribution is 0.112. The molecule has 1 aliphatic rings. The molecule has 0 amide bonds. The fraction of sp³-hybridized carbons (Fsp3) is 0.136. The largest absolute Gasteiger partial charge is 0.338 e. The van der Waals surface area contributed by atoms with E-state index in [1.807, 2.05) is 79.6 Å². The van der Waals surface area contributed by atoms with Gasteiger partial charge in [0.05, 0.1) is 5.69 Å². The molecule has 5 heteroatoms. The van der Waals surface area contributed by atoms with E-state index < -0.39 is 0 Å². The number of aryl methyl sites for hydroxylation is 1. The second kappa shape index (κ2) is 7.03. The van der Waals surface area contributed by atoms with Crippen LogP contribution in [0.25, 0.3) is 11.1 Å². The van der Waals surface area contributed by atoms with E-state index in [0.29, 0.717) is 11.4 Å². The highest BCUT2D eigenvalue weighted by molar-refractivity contribution is 5.88. The highest BCUT2D eigenvalue weighted by atomic mass is 16.5. The monoisotopic (exact) mass is 357 g/mol. The lowest BCUT2D eigenvalue weighted by atomic mass is 9.97. The quantitative estimate of drug-likeness (QED) is 0.625. The average Bonchev–Trinajstić information content (AvgIpc) is 3.06. The number of rotatable bonds is 4. The minimum absolute atomic E-state index is 0.315. The molecular formula is C22H19N3O2. The standard InChI is InChI=1S/C22H19N3O2/c1-15-16(2)24-27-22(15)25-12-6-11-23-21(25)18-9-10-20(19(13-18)14-26)17-7-4-3-5-8-17/h3-14,21H,1-2H3. The van der Waals surface area contributed by atoms with Crippen molar-refractivity contribution in [3.8, 4) is 11.1 Å². The molecule has 1 aromatic heterocycles. The Morgan fingerprint density at radius 2 is 1.93 bits per heavy atom. The van der Waals surface area contributed by atoms with Crippen LogP contribution in [0.5, 0.6) is 0 Å². The van der Waals surface area contributed by atoms with Crippen molar-refractivity contribution in [2.24, 2.45) is 4.99 Å². The summed E-state index contributed by atoms with van der Waals surface area (Å²) in [7, 11) is 0. The summed E-state index contributed by atoms with van der Waals surface area (Å²) in [5.41, 5.74) is 5.28. The van der Waals surface area contributed by atoms with Crippen molar-refractivity contribution in [2.45, 2.75) is 20.0 Å². The molecule has 0 N–H and O–H groups in total. The Morgan fingerprint density at radius 3 is 2.63 bits per heavy atom. The van der Waals surface area contributed by atoms with Crippen LogP contribution in [-0.4, -0.2) is 17.7 Å². The van der Waals surface area contributed by atoms with Gasteiger partial charge in [0.25, 0.3) is 0 Å². The average molecular weight is 357 g/mol. The number of anilines is 1. The number of benzene rings is 2. The number of carbonyl (C=O) groups is 1. The van der Waals surface area contributed by atoms with Crippen LogP contribution in [0.4, 0.5) is 5.88 Å². The van der Waals surface area contributed by atoms with E-state index in [1.54, 1.807) is 6.21 Å². The van der Waals surface area contributed by atoms with Crippen LogP contribution in [0.2, 0.25) is 0 Å². The Labute approximate surface area is 157 Å². The molecule has 1 atom stereocenters. The lowest BCUT2D eigenvalue weighted by Crippen LogP contribution is -2.24. The number of aliphatic imine (C=N–C) groups is 1. The van der Waals surface area contributed by atoms with Crippen molar-refractivity contribution >= 4 is 18.4 Å². The fourth-order valence-corrected chi connectivity index (χ4v) is 3.21. The molecular weight excluding hydrogens is 338 g/mol. The molecule has 27 heavy (non-hydrogen) atoms. The molecule has 0 fully saturated rings. The van der Waals surface area contributed by atoms with Crippen molar-refractivity contribution in [3.05, 3.63) is 83.2 Å². The summed E-state index contributed by atoms with van der Waals surface area (Å²) in [5.74, 6) is 0.658. The first-order chi connectivity index (χ1) is 13.2. The second-order valence-electron chi connectivity index (χ2n) is 6.45. The van der Waals surface area contributed by atoms with Gasteiger partial charge >= 0.3 is 0 Å². The summed E-state index contributed by atoms with van der Waals surface area (Å²) in [6.07, 6.45) is 6.10. The zero-order valence-electron chi connectivity index (χ0n) is 15.2. The van der Waals surface area contributed by atoms with E-state index >= 15 is 0 Å². The van der Waals surface area contributed by atoms with Crippen LogP contribution >= 0.6 is 0 Å². The maximum atomic E-state index is 11.8. The number of aldehydes is 1. The van der Waals surface area contributed by atoms with Gasteiger partial charge in [0.2, 0.25) is 5.88 Å². The summed E-state index contributed by atoms with van der Waals surface area (Å²) in [4.78, 5) is 18.3. The minimum atomic E-state index is -0.315. The summed E-state index contributed by atoms with van der Waals surface area (Å²) in [5, 5.41) is 4.05. The van der Waals surface area contributed by atoms with Crippen molar-refractivity contribution < 1.29 is 9.32 Å². The van der Waals surface area contributed by atoms with Crippen LogP contribution in [0.3, 0.4) is 0 Å². The number of allylic oxidation sites excluding steroid dienone is 1. The molecule has 134 valence electrons. The Kier molecular flexibility index (Phi) is 4.42. The summed E-state index contributed by atoms with van der Waals surface area (Å²) in [6, 6.07) is 15.7. The molecule has 5 nitrogen and oxygen atoms in total. The Bertz CT molecular complexity index is 1030. The predicted molar refractivity (Wildman–Crippen MR) is 106 cm³/mol. The van der Waals surface area contributed by atoms with Gasteiger partial charge in [0.15, 0.2) is 12.5 Å². The number of hydrogen-bond acceptors (Lipinski definition) is 5. The summed E-state index contributed by atoms with van der Waals surface area (Å²) >= 11 is 0. The van der Waals surface area contributed by atoms with E-state index in [4.69, 9.17) is 4.52 Å². The van der Waals surface area contributed by atoms with Gasteiger partial charge in [-0.05, 0) is 42.7 Å². The van der Waals surface area contributed by atoms with Crippen LogP contribution in [-0.2, 0) is 0 Å². The van der Waals surface area contributed by atoms with Crippen molar-refractivity contribution in [2.75, 3.05) is 4.90 Å². The van der Waals surface area contributed by atoms with Crippen molar-refractivity contribution in [1.29, 1.82) is 0 Å². The first kappa shape index (κ1) is 17.0.